The quantitative estimate of drug-likeness (QED) is 0.849. The van der Waals surface area contributed by atoms with Gasteiger partial charge in [-0.2, -0.15) is 0 Å². The first-order valence-electron chi connectivity index (χ1n) is 6.05. The molecule has 0 fully saturated rings. The Morgan fingerprint density at radius 3 is 2.00 bits per heavy atom. The van der Waals surface area contributed by atoms with Gasteiger partial charge >= 0.3 is 0 Å². The molecule has 0 saturated carbocycles. The highest BCUT2D eigenvalue weighted by molar-refractivity contribution is 5.91. The Balaban J connectivity index is 3.34. The van der Waals surface area contributed by atoms with Crippen molar-refractivity contribution in [2.45, 2.75) is 40.0 Å². The zero-order valence-corrected chi connectivity index (χ0v) is 11.8. The van der Waals surface area contributed by atoms with Crippen LogP contribution < -0.4 is 10.6 Å². The summed E-state index contributed by atoms with van der Waals surface area (Å²) in [6.07, 6.45) is 0. The van der Waals surface area contributed by atoms with E-state index in [9.17, 15) is 4.79 Å². The third-order valence-corrected chi connectivity index (χ3v) is 2.47. The van der Waals surface area contributed by atoms with E-state index in [4.69, 9.17) is 0 Å². The molecule has 0 bridgehead atoms. The number of carbonyl (C=O) groups excluding carboxylic acids is 1. The van der Waals surface area contributed by atoms with Crippen LogP contribution in [0.4, 0.5) is 11.4 Å². The van der Waals surface area contributed by atoms with E-state index in [1.165, 1.54) is 6.92 Å². The minimum Gasteiger partial charge on any atom is -0.359 e. The zero-order valence-electron chi connectivity index (χ0n) is 11.8. The third kappa shape index (κ3) is 3.62. The lowest BCUT2D eigenvalue weighted by Crippen LogP contribution is -2.19. The SMILES string of the molecule is C=C(C)Nc1cccc(NC(C)=O)c1C(C)(C)C. The Bertz CT molecular complexity index is 436. The van der Waals surface area contributed by atoms with Crippen LogP contribution in [0, 0.1) is 0 Å². The summed E-state index contributed by atoms with van der Waals surface area (Å²) in [7, 11) is 0. The lowest BCUT2D eigenvalue weighted by Gasteiger charge is -2.26. The molecule has 98 valence electrons. The van der Waals surface area contributed by atoms with E-state index in [0.29, 0.717) is 0 Å². The summed E-state index contributed by atoms with van der Waals surface area (Å²) in [5.74, 6) is -0.0621. The largest absolute Gasteiger partial charge is 0.359 e. The first-order chi connectivity index (χ1) is 8.21. The Hall–Kier alpha value is -1.77. The molecule has 0 aliphatic heterocycles. The molecule has 1 aromatic rings. The molecule has 0 saturated heterocycles. The highest BCUT2D eigenvalue weighted by atomic mass is 16.1. The van der Waals surface area contributed by atoms with Crippen LogP contribution in [0.3, 0.4) is 0 Å². The number of rotatable bonds is 3. The third-order valence-electron chi connectivity index (χ3n) is 2.47. The van der Waals surface area contributed by atoms with Crippen LogP contribution in [-0.2, 0) is 10.2 Å². The van der Waals surface area contributed by atoms with Crippen LogP contribution in [0.1, 0.15) is 40.2 Å². The minimum absolute atomic E-state index is 0.0621. The first-order valence-corrected chi connectivity index (χ1v) is 6.05. The van der Waals surface area contributed by atoms with Crippen molar-refractivity contribution in [3.63, 3.8) is 0 Å². The molecule has 18 heavy (non-hydrogen) atoms. The van der Waals surface area contributed by atoms with Gasteiger partial charge < -0.3 is 10.6 Å². The molecule has 3 nitrogen and oxygen atoms in total. The lowest BCUT2D eigenvalue weighted by atomic mass is 9.84. The van der Waals surface area contributed by atoms with Gasteiger partial charge in [-0.05, 0) is 24.5 Å². The van der Waals surface area contributed by atoms with Gasteiger partial charge in [0.25, 0.3) is 0 Å². The molecule has 0 spiro atoms. The zero-order chi connectivity index (χ0) is 13.9. The molecular formula is C15H22N2O. The van der Waals surface area contributed by atoms with Crippen molar-refractivity contribution in [3.05, 3.63) is 36.0 Å². The van der Waals surface area contributed by atoms with Crippen LogP contribution >= 0.6 is 0 Å². The van der Waals surface area contributed by atoms with Gasteiger partial charge in [0.05, 0.1) is 0 Å². The predicted molar refractivity (Wildman–Crippen MR) is 77.9 cm³/mol. The number of hydrogen-bond acceptors (Lipinski definition) is 2. The predicted octanol–water partition coefficient (Wildman–Crippen LogP) is 3.89. The Labute approximate surface area is 109 Å². The van der Waals surface area contributed by atoms with Crippen molar-refractivity contribution in [2.24, 2.45) is 0 Å². The normalized spacial score (nSPS) is 10.9. The highest BCUT2D eigenvalue weighted by Gasteiger charge is 2.22. The van der Waals surface area contributed by atoms with E-state index in [0.717, 1.165) is 22.6 Å². The molecule has 3 heteroatoms. The average molecular weight is 246 g/mol. The molecule has 0 atom stereocenters. The van der Waals surface area contributed by atoms with Gasteiger partial charge in [0, 0.05) is 29.6 Å². The van der Waals surface area contributed by atoms with Gasteiger partial charge in [0.1, 0.15) is 0 Å². The highest BCUT2D eigenvalue weighted by Crippen LogP contribution is 2.36. The van der Waals surface area contributed by atoms with Gasteiger partial charge in [0.15, 0.2) is 0 Å². The van der Waals surface area contributed by atoms with Crippen molar-refractivity contribution in [3.8, 4) is 0 Å². The van der Waals surface area contributed by atoms with E-state index in [2.05, 4.69) is 38.0 Å². The minimum atomic E-state index is -0.0726. The van der Waals surface area contributed by atoms with Crippen LogP contribution in [-0.4, -0.2) is 5.91 Å². The molecule has 0 aliphatic rings. The number of amides is 1. The number of hydrogen-bond donors (Lipinski definition) is 2. The summed E-state index contributed by atoms with van der Waals surface area (Å²) in [5.41, 5.74) is 3.72. The summed E-state index contributed by atoms with van der Waals surface area (Å²) in [6.45, 7) is 13.7. The number of benzene rings is 1. The second-order valence-electron chi connectivity index (χ2n) is 5.56. The van der Waals surface area contributed by atoms with Crippen molar-refractivity contribution >= 4 is 17.3 Å². The van der Waals surface area contributed by atoms with Crippen molar-refractivity contribution in [1.82, 2.24) is 0 Å². The molecule has 0 aliphatic carbocycles. The van der Waals surface area contributed by atoms with E-state index >= 15 is 0 Å². The van der Waals surface area contributed by atoms with E-state index < -0.39 is 0 Å². The maximum atomic E-state index is 11.3. The summed E-state index contributed by atoms with van der Waals surface area (Å²) in [6, 6.07) is 5.85. The van der Waals surface area contributed by atoms with Gasteiger partial charge in [-0.1, -0.05) is 33.4 Å². The summed E-state index contributed by atoms with van der Waals surface area (Å²) < 4.78 is 0. The summed E-state index contributed by atoms with van der Waals surface area (Å²) in [5, 5.41) is 6.13. The number of anilines is 2. The fraction of sp³-hybridized carbons (Fsp3) is 0.400. The van der Waals surface area contributed by atoms with Crippen LogP contribution in [0.5, 0.6) is 0 Å². The molecule has 0 aromatic heterocycles. The van der Waals surface area contributed by atoms with Gasteiger partial charge in [-0.25, -0.2) is 0 Å². The van der Waals surface area contributed by atoms with Crippen molar-refractivity contribution < 1.29 is 4.79 Å². The molecule has 1 rings (SSSR count). The van der Waals surface area contributed by atoms with Gasteiger partial charge in [0.2, 0.25) is 5.91 Å². The number of nitrogens with one attached hydrogen (secondary N) is 2. The fourth-order valence-corrected chi connectivity index (χ4v) is 1.99. The fourth-order valence-electron chi connectivity index (χ4n) is 1.99. The van der Waals surface area contributed by atoms with E-state index in [1.807, 2.05) is 25.1 Å². The second kappa shape index (κ2) is 5.25. The molecule has 0 heterocycles. The van der Waals surface area contributed by atoms with E-state index in [-0.39, 0.29) is 11.3 Å². The van der Waals surface area contributed by atoms with Crippen molar-refractivity contribution in [1.29, 1.82) is 0 Å². The maximum Gasteiger partial charge on any atom is 0.221 e. The summed E-state index contributed by atoms with van der Waals surface area (Å²) >= 11 is 0. The Morgan fingerprint density at radius 1 is 1.11 bits per heavy atom. The average Bonchev–Trinajstić information content (AvgIpc) is 2.13. The Kier molecular flexibility index (Phi) is 4.17. The Morgan fingerprint density at radius 2 is 1.61 bits per heavy atom. The monoisotopic (exact) mass is 246 g/mol. The van der Waals surface area contributed by atoms with E-state index in [1.54, 1.807) is 0 Å². The van der Waals surface area contributed by atoms with Crippen LogP contribution in [0.2, 0.25) is 0 Å². The van der Waals surface area contributed by atoms with Gasteiger partial charge in [-0.15, -0.1) is 0 Å². The first kappa shape index (κ1) is 14.3. The van der Waals surface area contributed by atoms with Crippen molar-refractivity contribution in [2.75, 3.05) is 10.6 Å². The van der Waals surface area contributed by atoms with Crippen LogP contribution in [0.15, 0.2) is 30.5 Å². The maximum absolute atomic E-state index is 11.3. The topological polar surface area (TPSA) is 41.1 Å². The number of allylic oxidation sites excluding steroid dienone is 1. The second-order valence-corrected chi connectivity index (χ2v) is 5.56. The molecule has 1 amide bonds. The summed E-state index contributed by atoms with van der Waals surface area (Å²) in [4.78, 5) is 11.3. The molecule has 0 radical (unpaired) electrons. The molecule has 2 N–H and O–H groups in total. The standard InChI is InChI=1S/C15H22N2O/c1-10(2)16-12-8-7-9-13(17-11(3)18)14(12)15(4,5)6/h7-9,16H,1H2,2-6H3,(H,17,18). The molecule has 0 unspecified atom stereocenters. The van der Waals surface area contributed by atoms with Gasteiger partial charge in [-0.3, -0.25) is 4.79 Å². The van der Waals surface area contributed by atoms with Crippen LogP contribution in [0.25, 0.3) is 0 Å². The lowest BCUT2D eigenvalue weighted by molar-refractivity contribution is -0.114. The smallest absolute Gasteiger partial charge is 0.221 e. The number of carbonyl (C=O) groups is 1. The molecular weight excluding hydrogens is 224 g/mol. The molecule has 1 aromatic carbocycles.